The number of H-pyrrole nitrogens is 1. The Morgan fingerprint density at radius 3 is 2.80 bits per heavy atom. The quantitative estimate of drug-likeness (QED) is 0.852. The summed E-state index contributed by atoms with van der Waals surface area (Å²) in [5.41, 5.74) is 0.104. The molecule has 1 aromatic carbocycles. The van der Waals surface area contributed by atoms with Gasteiger partial charge < -0.3 is 5.11 Å². The summed E-state index contributed by atoms with van der Waals surface area (Å²) in [6, 6.07) is 5.13. The Bertz CT molecular complexity index is 615. The number of anilines is 1. The van der Waals surface area contributed by atoms with E-state index in [0.29, 0.717) is 0 Å². The van der Waals surface area contributed by atoms with Crippen molar-refractivity contribution in [3.05, 3.63) is 42.0 Å². The fourth-order valence-corrected chi connectivity index (χ4v) is 1.62. The number of amides is 1. The molecule has 0 bridgehead atoms. The van der Waals surface area contributed by atoms with Crippen LogP contribution in [0.3, 0.4) is 0 Å². The number of carbonyl (C=O) groups excluding carboxylic acids is 1. The number of hydrogen-bond acceptors (Lipinski definition) is 4. The van der Waals surface area contributed by atoms with Gasteiger partial charge in [0.2, 0.25) is 5.95 Å². The molecule has 2 rings (SSSR count). The monoisotopic (exact) mass is 278 g/mol. The van der Waals surface area contributed by atoms with Gasteiger partial charge in [0.25, 0.3) is 5.91 Å². The number of nitrogens with zero attached hydrogens (tertiary/aromatic N) is 3. The molecular formula is C12H11FN4O3. The molecule has 2 N–H and O–H groups in total. The molecule has 0 saturated heterocycles. The third-order valence-electron chi connectivity index (χ3n) is 2.52. The van der Waals surface area contributed by atoms with Crippen LogP contribution in [0.4, 0.5) is 10.3 Å². The molecule has 1 heterocycles. The number of aromatic amines is 1. The van der Waals surface area contributed by atoms with Crippen molar-refractivity contribution < 1.29 is 19.1 Å². The van der Waals surface area contributed by atoms with Crippen LogP contribution >= 0.6 is 0 Å². The second-order valence-electron chi connectivity index (χ2n) is 3.92. The highest BCUT2D eigenvalue weighted by atomic mass is 19.1. The fraction of sp³-hybridized carbons (Fsp3) is 0.167. The van der Waals surface area contributed by atoms with Crippen molar-refractivity contribution in [2.75, 3.05) is 11.4 Å². The van der Waals surface area contributed by atoms with Gasteiger partial charge in [-0.3, -0.25) is 14.5 Å². The highest BCUT2D eigenvalue weighted by molar-refractivity contribution is 6.05. The van der Waals surface area contributed by atoms with E-state index in [4.69, 9.17) is 5.11 Å². The summed E-state index contributed by atoms with van der Waals surface area (Å²) in [5.74, 6) is -2.05. The molecule has 0 saturated carbocycles. The minimum absolute atomic E-state index is 0.0973. The van der Waals surface area contributed by atoms with Crippen LogP contribution in [0.15, 0.2) is 30.6 Å². The third-order valence-corrected chi connectivity index (χ3v) is 2.52. The van der Waals surface area contributed by atoms with Gasteiger partial charge in [0.05, 0.1) is 6.42 Å². The molecule has 20 heavy (non-hydrogen) atoms. The van der Waals surface area contributed by atoms with E-state index in [-0.39, 0.29) is 24.5 Å². The van der Waals surface area contributed by atoms with Crippen LogP contribution in [-0.2, 0) is 4.79 Å². The van der Waals surface area contributed by atoms with Gasteiger partial charge in [-0.1, -0.05) is 6.07 Å². The topological polar surface area (TPSA) is 99.2 Å². The lowest BCUT2D eigenvalue weighted by atomic mass is 10.2. The average Bonchev–Trinajstić information content (AvgIpc) is 2.92. The lowest BCUT2D eigenvalue weighted by molar-refractivity contribution is -0.136. The smallest absolute Gasteiger partial charge is 0.305 e. The van der Waals surface area contributed by atoms with Crippen LogP contribution < -0.4 is 4.90 Å². The van der Waals surface area contributed by atoms with Crippen molar-refractivity contribution in [3.63, 3.8) is 0 Å². The second-order valence-corrected chi connectivity index (χ2v) is 3.92. The zero-order valence-corrected chi connectivity index (χ0v) is 10.3. The highest BCUT2D eigenvalue weighted by Gasteiger charge is 2.21. The Hall–Kier alpha value is -2.77. The minimum Gasteiger partial charge on any atom is -0.481 e. The number of halogens is 1. The van der Waals surface area contributed by atoms with Gasteiger partial charge in [0, 0.05) is 12.1 Å². The second kappa shape index (κ2) is 5.91. The van der Waals surface area contributed by atoms with E-state index in [1.165, 1.54) is 24.5 Å². The van der Waals surface area contributed by atoms with Crippen LogP contribution in [0, 0.1) is 5.82 Å². The molecule has 1 amide bonds. The molecule has 0 unspecified atom stereocenters. The van der Waals surface area contributed by atoms with Crippen LogP contribution in [0.1, 0.15) is 16.8 Å². The summed E-state index contributed by atoms with van der Waals surface area (Å²) in [6.45, 7) is -0.0973. The van der Waals surface area contributed by atoms with Crippen LogP contribution in [0.2, 0.25) is 0 Å². The number of carboxylic acids is 1. The van der Waals surface area contributed by atoms with Gasteiger partial charge in [0.1, 0.15) is 12.1 Å². The van der Waals surface area contributed by atoms with E-state index in [1.807, 2.05) is 0 Å². The van der Waals surface area contributed by atoms with Gasteiger partial charge in [-0.25, -0.2) is 9.49 Å². The third kappa shape index (κ3) is 3.16. The van der Waals surface area contributed by atoms with Crippen molar-refractivity contribution in [3.8, 4) is 0 Å². The molecule has 1 aromatic heterocycles. The van der Waals surface area contributed by atoms with Gasteiger partial charge in [-0.2, -0.15) is 10.1 Å². The lowest BCUT2D eigenvalue weighted by Gasteiger charge is -2.18. The zero-order valence-electron chi connectivity index (χ0n) is 10.3. The molecule has 0 spiro atoms. The predicted octanol–water partition coefficient (Wildman–Crippen LogP) is 1.07. The number of aliphatic carboxylic acids is 1. The van der Waals surface area contributed by atoms with E-state index in [2.05, 4.69) is 15.2 Å². The van der Waals surface area contributed by atoms with E-state index >= 15 is 0 Å². The molecular weight excluding hydrogens is 267 g/mol. The van der Waals surface area contributed by atoms with Crippen molar-refractivity contribution in [2.24, 2.45) is 0 Å². The van der Waals surface area contributed by atoms with E-state index in [0.717, 1.165) is 11.0 Å². The number of carbonyl (C=O) groups is 2. The SMILES string of the molecule is O=C(O)CCN(C(=O)c1cccc(F)c1)c1ncn[nH]1. The highest BCUT2D eigenvalue weighted by Crippen LogP contribution is 2.13. The maximum absolute atomic E-state index is 13.1. The van der Waals surface area contributed by atoms with Gasteiger partial charge >= 0.3 is 5.97 Å². The Morgan fingerprint density at radius 1 is 1.40 bits per heavy atom. The first kappa shape index (κ1) is 13.7. The first-order valence-corrected chi connectivity index (χ1v) is 5.72. The molecule has 0 aliphatic heterocycles. The molecule has 0 aliphatic carbocycles. The van der Waals surface area contributed by atoms with Gasteiger partial charge in [-0.05, 0) is 18.2 Å². The first-order chi connectivity index (χ1) is 9.58. The maximum atomic E-state index is 13.1. The molecule has 0 radical (unpaired) electrons. The van der Waals surface area contributed by atoms with Crippen molar-refractivity contribution in [2.45, 2.75) is 6.42 Å². The van der Waals surface area contributed by atoms with E-state index in [9.17, 15) is 14.0 Å². The van der Waals surface area contributed by atoms with Crippen LogP contribution in [0.5, 0.6) is 0 Å². The number of aromatic nitrogens is 3. The summed E-state index contributed by atoms with van der Waals surface area (Å²) in [4.78, 5) is 27.9. The summed E-state index contributed by atoms with van der Waals surface area (Å²) in [5, 5.41) is 14.8. The largest absolute Gasteiger partial charge is 0.481 e. The van der Waals surface area contributed by atoms with Crippen molar-refractivity contribution >= 4 is 17.8 Å². The molecule has 8 heteroatoms. The van der Waals surface area contributed by atoms with Gasteiger partial charge in [0.15, 0.2) is 0 Å². The summed E-state index contributed by atoms with van der Waals surface area (Å²) in [6.07, 6.45) is 0.934. The first-order valence-electron chi connectivity index (χ1n) is 5.72. The zero-order chi connectivity index (χ0) is 14.5. The Labute approximate surface area is 113 Å². The number of rotatable bonds is 5. The van der Waals surface area contributed by atoms with Crippen LogP contribution in [0.25, 0.3) is 0 Å². The number of benzene rings is 1. The van der Waals surface area contributed by atoms with E-state index < -0.39 is 17.7 Å². The summed E-state index contributed by atoms with van der Waals surface area (Å²) >= 11 is 0. The number of hydrogen-bond donors (Lipinski definition) is 2. The fourth-order valence-electron chi connectivity index (χ4n) is 1.62. The molecule has 104 valence electrons. The van der Waals surface area contributed by atoms with E-state index in [1.54, 1.807) is 0 Å². The number of nitrogens with one attached hydrogen (secondary N) is 1. The Morgan fingerprint density at radius 2 is 2.20 bits per heavy atom. The lowest BCUT2D eigenvalue weighted by Crippen LogP contribution is -2.34. The molecule has 0 aliphatic rings. The molecule has 2 aromatic rings. The maximum Gasteiger partial charge on any atom is 0.305 e. The Balaban J connectivity index is 2.26. The van der Waals surface area contributed by atoms with Gasteiger partial charge in [-0.15, -0.1) is 0 Å². The normalized spacial score (nSPS) is 10.2. The summed E-state index contributed by atoms with van der Waals surface area (Å²) < 4.78 is 13.1. The van der Waals surface area contributed by atoms with Crippen molar-refractivity contribution in [1.29, 1.82) is 0 Å². The Kier molecular flexibility index (Phi) is 4.04. The van der Waals surface area contributed by atoms with Crippen LogP contribution in [-0.4, -0.2) is 38.7 Å². The molecule has 0 fully saturated rings. The predicted molar refractivity (Wildman–Crippen MR) is 66.7 cm³/mol. The molecule has 7 nitrogen and oxygen atoms in total. The molecule has 0 atom stereocenters. The number of carboxylic acid groups (broad SMARTS) is 1. The van der Waals surface area contributed by atoms with Crippen molar-refractivity contribution in [1.82, 2.24) is 15.2 Å². The standard InChI is InChI=1S/C12H11FN4O3/c13-9-3-1-2-8(6-9)11(20)17(5-4-10(18)19)12-14-7-15-16-12/h1-3,6-7H,4-5H2,(H,18,19)(H,14,15,16). The average molecular weight is 278 g/mol. The summed E-state index contributed by atoms with van der Waals surface area (Å²) in [7, 11) is 0. The minimum atomic E-state index is -1.05.